The Morgan fingerprint density at radius 3 is 2.59 bits per heavy atom. The van der Waals surface area contributed by atoms with Crippen molar-refractivity contribution in [3.8, 4) is 23.3 Å². The average molecular weight is 410 g/mol. The number of nitriles is 1. The number of ether oxygens (including phenoxy) is 1. The summed E-state index contributed by atoms with van der Waals surface area (Å²) in [5.41, 5.74) is 2.07. The number of likely N-dealkylation sites (N-methyl/N-ethyl adjacent to an activating group) is 1. The summed E-state index contributed by atoms with van der Waals surface area (Å²) in [4.78, 5) is 7.97. The fourth-order valence-electron chi connectivity index (χ4n) is 3.28. The van der Waals surface area contributed by atoms with E-state index >= 15 is 0 Å². The number of hydrogen-bond donors (Lipinski definition) is 1. The second kappa shape index (κ2) is 8.56. The van der Waals surface area contributed by atoms with E-state index in [1.54, 1.807) is 0 Å². The van der Waals surface area contributed by atoms with Gasteiger partial charge in [-0.15, -0.1) is 0 Å². The lowest BCUT2D eigenvalue weighted by Crippen LogP contribution is -3.12. The summed E-state index contributed by atoms with van der Waals surface area (Å²) in [7, 11) is 2.17. The minimum absolute atomic E-state index is 0.332. The van der Waals surface area contributed by atoms with Crippen LogP contribution in [0.3, 0.4) is 0 Å². The van der Waals surface area contributed by atoms with Gasteiger partial charge in [-0.05, 0) is 30.3 Å². The number of nitrogens with one attached hydrogen (secondary N) is 1. The number of halogens is 1. The first-order valence-corrected chi connectivity index (χ1v) is 9.95. The second-order valence-electron chi connectivity index (χ2n) is 7.13. The van der Waals surface area contributed by atoms with E-state index in [2.05, 4.69) is 23.0 Å². The highest BCUT2D eigenvalue weighted by Gasteiger charge is 2.24. The van der Waals surface area contributed by atoms with E-state index in [4.69, 9.17) is 20.8 Å². The van der Waals surface area contributed by atoms with E-state index in [0.717, 1.165) is 43.1 Å². The molecule has 1 aromatic heterocycles. The number of hydrogen-bond acceptors (Lipinski definition) is 5. The number of oxazole rings is 1. The first-order chi connectivity index (χ1) is 14.1. The van der Waals surface area contributed by atoms with Crippen LogP contribution in [0.25, 0.3) is 11.5 Å². The molecule has 4 rings (SSSR count). The molecule has 2 heterocycles. The van der Waals surface area contributed by atoms with Crippen molar-refractivity contribution in [3.63, 3.8) is 0 Å². The van der Waals surface area contributed by atoms with Gasteiger partial charge in [0.25, 0.3) is 0 Å². The Morgan fingerprint density at radius 2 is 1.90 bits per heavy atom. The van der Waals surface area contributed by atoms with Crippen LogP contribution in [0, 0.1) is 11.3 Å². The lowest BCUT2D eigenvalue weighted by atomic mass is 10.2. The number of aromatic nitrogens is 1. The topological polar surface area (TPSA) is 66.7 Å². The van der Waals surface area contributed by atoms with Gasteiger partial charge in [-0.3, -0.25) is 0 Å². The molecule has 1 fully saturated rings. The largest absolute Gasteiger partial charge is 0.489 e. The molecule has 0 bridgehead atoms. The Labute approximate surface area is 174 Å². The van der Waals surface area contributed by atoms with E-state index in [9.17, 15) is 5.26 Å². The third-order valence-corrected chi connectivity index (χ3v) is 5.44. The molecule has 148 valence electrons. The van der Waals surface area contributed by atoms with Gasteiger partial charge in [-0.25, -0.2) is 0 Å². The van der Waals surface area contributed by atoms with E-state index in [-0.39, 0.29) is 0 Å². The Balaban J connectivity index is 1.47. The van der Waals surface area contributed by atoms with Gasteiger partial charge in [-0.1, -0.05) is 29.8 Å². The van der Waals surface area contributed by atoms with Crippen molar-refractivity contribution in [2.75, 3.05) is 38.1 Å². The predicted molar refractivity (Wildman–Crippen MR) is 111 cm³/mol. The SMILES string of the molecule is C[NH+]1CCN(c2oc(-c3ccc(OCc4ccccc4Cl)cc3)nc2C#N)CC1. The van der Waals surface area contributed by atoms with Crippen LogP contribution >= 0.6 is 11.6 Å². The molecule has 2 aromatic carbocycles. The minimum atomic E-state index is 0.332. The molecule has 1 N–H and O–H groups in total. The van der Waals surface area contributed by atoms with Gasteiger partial charge in [0.15, 0.2) is 0 Å². The van der Waals surface area contributed by atoms with Crippen molar-refractivity contribution in [2.24, 2.45) is 0 Å². The molecule has 0 saturated carbocycles. The molecule has 0 unspecified atom stereocenters. The van der Waals surface area contributed by atoms with Crippen molar-refractivity contribution in [3.05, 3.63) is 64.8 Å². The van der Waals surface area contributed by atoms with Crippen molar-refractivity contribution >= 4 is 17.5 Å². The van der Waals surface area contributed by atoms with E-state index < -0.39 is 0 Å². The fourth-order valence-corrected chi connectivity index (χ4v) is 3.47. The van der Waals surface area contributed by atoms with Crippen molar-refractivity contribution in [2.45, 2.75) is 6.61 Å². The molecule has 0 aliphatic carbocycles. The zero-order chi connectivity index (χ0) is 20.2. The summed E-state index contributed by atoms with van der Waals surface area (Å²) < 4.78 is 11.8. The molecule has 3 aromatic rings. The van der Waals surface area contributed by atoms with E-state index in [1.807, 2.05) is 48.5 Å². The van der Waals surface area contributed by atoms with E-state index in [1.165, 1.54) is 4.90 Å². The summed E-state index contributed by atoms with van der Waals surface area (Å²) in [5, 5.41) is 10.2. The van der Waals surface area contributed by atoms with Crippen LogP contribution in [-0.4, -0.2) is 38.2 Å². The molecule has 0 radical (unpaired) electrons. The molecular formula is C22H22ClN4O2+. The van der Waals surface area contributed by atoms with Crippen molar-refractivity contribution in [1.29, 1.82) is 5.26 Å². The first kappa shape index (κ1) is 19.3. The number of anilines is 1. The maximum atomic E-state index is 9.47. The molecule has 29 heavy (non-hydrogen) atoms. The zero-order valence-electron chi connectivity index (χ0n) is 16.2. The smallest absolute Gasteiger partial charge is 0.235 e. The minimum Gasteiger partial charge on any atom is -0.489 e. The molecule has 7 heteroatoms. The normalized spacial score (nSPS) is 14.6. The van der Waals surface area contributed by atoms with Crippen LogP contribution in [-0.2, 0) is 6.61 Å². The van der Waals surface area contributed by atoms with Gasteiger partial charge in [0.2, 0.25) is 17.5 Å². The second-order valence-corrected chi connectivity index (χ2v) is 7.54. The maximum absolute atomic E-state index is 9.47. The van der Waals surface area contributed by atoms with Gasteiger partial charge in [0.1, 0.15) is 18.4 Å². The summed E-state index contributed by atoms with van der Waals surface area (Å²) in [6, 6.07) is 17.3. The molecule has 0 amide bonds. The van der Waals surface area contributed by atoms with E-state index in [0.29, 0.717) is 29.1 Å². The van der Waals surface area contributed by atoms with Gasteiger partial charge < -0.3 is 19.0 Å². The average Bonchev–Trinajstić information content (AvgIpc) is 3.18. The molecule has 6 nitrogen and oxygen atoms in total. The molecule has 0 atom stereocenters. The summed E-state index contributed by atoms with van der Waals surface area (Å²) >= 11 is 6.17. The highest BCUT2D eigenvalue weighted by molar-refractivity contribution is 6.31. The monoisotopic (exact) mass is 409 g/mol. The lowest BCUT2D eigenvalue weighted by molar-refractivity contribution is -0.880. The Morgan fingerprint density at radius 1 is 1.17 bits per heavy atom. The third kappa shape index (κ3) is 4.37. The van der Waals surface area contributed by atoms with Crippen LogP contribution < -0.4 is 14.5 Å². The van der Waals surface area contributed by atoms with Crippen LogP contribution in [0.1, 0.15) is 11.3 Å². The molecule has 1 aliphatic rings. The quantitative estimate of drug-likeness (QED) is 0.701. The molecule has 0 spiro atoms. The number of nitrogens with zero attached hydrogens (tertiary/aromatic N) is 3. The van der Waals surface area contributed by atoms with Crippen molar-refractivity contribution in [1.82, 2.24) is 4.98 Å². The standard InChI is InChI=1S/C22H21ClN4O2/c1-26-10-12-27(13-11-26)22-20(14-24)25-21(29-22)16-6-8-18(9-7-16)28-15-17-4-2-3-5-19(17)23/h2-9H,10-13,15H2,1H3/p+1. The van der Waals surface area contributed by atoms with Crippen LogP contribution in [0.15, 0.2) is 52.9 Å². The van der Waals surface area contributed by atoms with Crippen LogP contribution in [0.2, 0.25) is 5.02 Å². The number of rotatable bonds is 5. The number of piperazine rings is 1. The summed E-state index contributed by atoms with van der Waals surface area (Å²) in [6.45, 7) is 4.12. The zero-order valence-corrected chi connectivity index (χ0v) is 16.9. The lowest BCUT2D eigenvalue weighted by Gasteiger charge is -2.29. The van der Waals surface area contributed by atoms with Gasteiger partial charge in [-0.2, -0.15) is 10.2 Å². The Kier molecular flexibility index (Phi) is 5.70. The Bertz CT molecular complexity index is 1020. The molecule has 1 aliphatic heterocycles. The third-order valence-electron chi connectivity index (χ3n) is 5.07. The predicted octanol–water partition coefficient (Wildman–Crippen LogP) is 2.78. The van der Waals surface area contributed by atoms with Gasteiger partial charge in [0.05, 0.1) is 33.2 Å². The molecular weight excluding hydrogens is 388 g/mol. The van der Waals surface area contributed by atoms with Crippen molar-refractivity contribution < 1.29 is 14.1 Å². The van der Waals surface area contributed by atoms with Crippen LogP contribution in [0.5, 0.6) is 5.75 Å². The van der Waals surface area contributed by atoms with Gasteiger partial charge in [0, 0.05) is 16.1 Å². The maximum Gasteiger partial charge on any atom is 0.235 e. The number of benzene rings is 2. The van der Waals surface area contributed by atoms with Gasteiger partial charge >= 0.3 is 0 Å². The summed E-state index contributed by atoms with van der Waals surface area (Å²) in [6.07, 6.45) is 0. The highest BCUT2D eigenvalue weighted by atomic mass is 35.5. The number of quaternary nitrogens is 1. The fraction of sp³-hybridized carbons (Fsp3) is 0.273. The first-order valence-electron chi connectivity index (χ1n) is 9.58. The highest BCUT2D eigenvalue weighted by Crippen LogP contribution is 2.29. The van der Waals surface area contributed by atoms with Crippen LogP contribution in [0.4, 0.5) is 5.88 Å². The molecule has 1 saturated heterocycles. The Hall–Kier alpha value is -3.01. The summed E-state index contributed by atoms with van der Waals surface area (Å²) in [5.74, 6) is 1.73.